The highest BCUT2D eigenvalue weighted by atomic mass is 16.5. The fourth-order valence-electron chi connectivity index (χ4n) is 5.04. The molecule has 186 valence electrons. The van der Waals surface area contributed by atoms with Crippen LogP contribution in [-0.2, 0) is 14.3 Å². The van der Waals surface area contributed by atoms with Crippen LogP contribution in [-0.4, -0.2) is 66.8 Å². The van der Waals surface area contributed by atoms with Crippen molar-refractivity contribution in [3.8, 4) is 11.1 Å². The lowest BCUT2D eigenvalue weighted by atomic mass is 9.91. The second kappa shape index (κ2) is 10.1. The standard InChI is InChI=1S/C27H33N3O5/c1-27(14-24(31)32,17-12-13-17)29-25(33)23(15-30(2)3)28-26(34)35-16-22-20-10-6-4-8-18(20)19-9-5-7-11-21(19)22/h4-11,17,22-23H,12-16H2,1-3H3,(H,28,34)(H,29,33)(H,31,32). The molecule has 0 aliphatic heterocycles. The van der Waals surface area contributed by atoms with Crippen molar-refractivity contribution >= 4 is 18.0 Å². The lowest BCUT2D eigenvalue weighted by Gasteiger charge is -2.32. The third-order valence-corrected chi connectivity index (χ3v) is 6.91. The van der Waals surface area contributed by atoms with Gasteiger partial charge >= 0.3 is 12.1 Å². The molecule has 0 heterocycles. The zero-order valence-corrected chi connectivity index (χ0v) is 20.4. The predicted octanol–water partition coefficient (Wildman–Crippen LogP) is 3.21. The van der Waals surface area contributed by atoms with Gasteiger partial charge in [-0.25, -0.2) is 4.79 Å². The number of carboxylic acid groups (broad SMARTS) is 1. The maximum absolute atomic E-state index is 13.1. The third kappa shape index (κ3) is 5.65. The molecular formula is C27H33N3O5. The number of rotatable bonds is 10. The molecule has 2 unspecified atom stereocenters. The maximum atomic E-state index is 13.1. The van der Waals surface area contributed by atoms with Crippen molar-refractivity contribution < 1.29 is 24.2 Å². The summed E-state index contributed by atoms with van der Waals surface area (Å²) in [4.78, 5) is 39.1. The maximum Gasteiger partial charge on any atom is 0.407 e. The number of amides is 2. The molecule has 2 aliphatic rings. The van der Waals surface area contributed by atoms with Gasteiger partial charge in [-0.15, -0.1) is 0 Å². The Hall–Kier alpha value is -3.39. The van der Waals surface area contributed by atoms with E-state index in [1.165, 1.54) is 0 Å². The van der Waals surface area contributed by atoms with Gasteiger partial charge in [0, 0.05) is 12.5 Å². The summed E-state index contributed by atoms with van der Waals surface area (Å²) in [6.45, 7) is 2.16. The van der Waals surface area contributed by atoms with Crippen molar-refractivity contribution in [1.29, 1.82) is 0 Å². The molecule has 2 amide bonds. The number of carboxylic acids is 1. The monoisotopic (exact) mass is 479 g/mol. The van der Waals surface area contributed by atoms with E-state index < -0.39 is 29.6 Å². The fraction of sp³-hybridized carbons (Fsp3) is 0.444. The van der Waals surface area contributed by atoms with E-state index in [9.17, 15) is 19.5 Å². The molecule has 8 nitrogen and oxygen atoms in total. The molecule has 8 heteroatoms. The van der Waals surface area contributed by atoms with E-state index in [1.807, 2.05) is 36.4 Å². The largest absolute Gasteiger partial charge is 0.481 e. The number of benzene rings is 2. The number of hydrogen-bond acceptors (Lipinski definition) is 5. The van der Waals surface area contributed by atoms with Crippen molar-refractivity contribution in [3.05, 3.63) is 59.7 Å². The van der Waals surface area contributed by atoms with Crippen LogP contribution >= 0.6 is 0 Å². The zero-order valence-electron chi connectivity index (χ0n) is 20.4. The van der Waals surface area contributed by atoms with Crippen molar-refractivity contribution in [1.82, 2.24) is 15.5 Å². The number of aliphatic carboxylic acids is 1. The Kier molecular flexibility index (Phi) is 7.12. The van der Waals surface area contributed by atoms with Crippen molar-refractivity contribution in [2.45, 2.75) is 43.7 Å². The number of carbonyl (C=O) groups is 3. The smallest absolute Gasteiger partial charge is 0.407 e. The Bertz CT molecular complexity index is 1070. The Morgan fingerprint density at radius 2 is 1.63 bits per heavy atom. The highest BCUT2D eigenvalue weighted by molar-refractivity contribution is 5.87. The molecule has 1 fully saturated rings. The molecule has 2 aliphatic carbocycles. The number of alkyl carbamates (subject to hydrolysis) is 1. The van der Waals surface area contributed by atoms with Gasteiger partial charge in [0.05, 0.1) is 12.0 Å². The molecule has 3 N–H and O–H groups in total. The number of hydrogen-bond donors (Lipinski definition) is 3. The van der Waals surface area contributed by atoms with Gasteiger partial charge in [0.25, 0.3) is 0 Å². The second-order valence-corrected chi connectivity index (χ2v) is 10.0. The van der Waals surface area contributed by atoms with Crippen LogP contribution in [0.3, 0.4) is 0 Å². The molecule has 0 spiro atoms. The minimum atomic E-state index is -0.964. The van der Waals surface area contributed by atoms with Crippen molar-refractivity contribution in [2.75, 3.05) is 27.2 Å². The summed E-state index contributed by atoms with van der Waals surface area (Å²) < 4.78 is 5.61. The van der Waals surface area contributed by atoms with Gasteiger partial charge in [0.15, 0.2) is 0 Å². The molecule has 0 radical (unpaired) electrons. The van der Waals surface area contributed by atoms with Crippen LogP contribution in [0.5, 0.6) is 0 Å². The minimum absolute atomic E-state index is 0.0806. The van der Waals surface area contributed by atoms with Gasteiger partial charge in [0.1, 0.15) is 12.6 Å². The van der Waals surface area contributed by atoms with Gasteiger partial charge in [0.2, 0.25) is 5.91 Å². The van der Waals surface area contributed by atoms with Crippen molar-refractivity contribution in [2.24, 2.45) is 5.92 Å². The molecule has 0 saturated heterocycles. The fourth-order valence-corrected chi connectivity index (χ4v) is 5.04. The van der Waals surface area contributed by atoms with E-state index in [4.69, 9.17) is 4.74 Å². The lowest BCUT2D eigenvalue weighted by molar-refractivity contribution is -0.139. The van der Waals surface area contributed by atoms with Gasteiger partial charge in [-0.05, 0) is 62.0 Å². The topological polar surface area (TPSA) is 108 Å². The highest BCUT2D eigenvalue weighted by Gasteiger charge is 2.45. The molecule has 2 atom stereocenters. The summed E-state index contributed by atoms with van der Waals surface area (Å²) in [6, 6.07) is 15.3. The molecule has 0 aromatic heterocycles. The second-order valence-electron chi connectivity index (χ2n) is 10.0. The highest BCUT2D eigenvalue weighted by Crippen LogP contribution is 2.44. The van der Waals surface area contributed by atoms with Gasteiger partial charge in [-0.3, -0.25) is 9.59 Å². The van der Waals surface area contributed by atoms with Crippen LogP contribution in [0.1, 0.15) is 43.2 Å². The number of likely N-dealkylation sites (N-methyl/N-ethyl adjacent to an activating group) is 1. The Balaban J connectivity index is 1.42. The van der Waals surface area contributed by atoms with Gasteiger partial charge in [-0.2, -0.15) is 0 Å². The SMILES string of the molecule is CN(C)CC(NC(=O)OCC1c2ccccc2-c2ccccc21)C(=O)NC(C)(CC(=O)O)C1CC1. The van der Waals surface area contributed by atoms with Crippen LogP contribution in [0.25, 0.3) is 11.1 Å². The van der Waals surface area contributed by atoms with E-state index >= 15 is 0 Å². The summed E-state index contributed by atoms with van der Waals surface area (Å²) in [5.74, 6) is -1.34. The van der Waals surface area contributed by atoms with E-state index in [2.05, 4.69) is 22.8 Å². The number of nitrogens with one attached hydrogen (secondary N) is 2. The molecule has 2 aromatic rings. The average molecular weight is 480 g/mol. The molecule has 2 aromatic carbocycles. The summed E-state index contributed by atoms with van der Waals surface area (Å²) in [5, 5.41) is 14.9. The lowest BCUT2D eigenvalue weighted by Crippen LogP contribution is -2.58. The Labute approximate surface area is 205 Å². The van der Waals surface area contributed by atoms with Crippen LogP contribution in [0, 0.1) is 5.92 Å². The van der Waals surface area contributed by atoms with E-state index in [-0.39, 0.29) is 31.4 Å². The Morgan fingerprint density at radius 1 is 1.06 bits per heavy atom. The van der Waals surface area contributed by atoms with Crippen molar-refractivity contribution in [3.63, 3.8) is 0 Å². The first-order chi connectivity index (χ1) is 16.7. The first kappa shape index (κ1) is 24.7. The summed E-state index contributed by atoms with van der Waals surface area (Å²) in [7, 11) is 3.61. The summed E-state index contributed by atoms with van der Waals surface area (Å²) in [6.07, 6.45) is 0.910. The van der Waals surface area contributed by atoms with E-state index in [0.717, 1.165) is 35.1 Å². The summed E-state index contributed by atoms with van der Waals surface area (Å²) in [5.41, 5.74) is 3.64. The predicted molar refractivity (Wildman–Crippen MR) is 132 cm³/mol. The minimum Gasteiger partial charge on any atom is -0.481 e. The average Bonchev–Trinajstić information content (AvgIpc) is 3.61. The first-order valence-corrected chi connectivity index (χ1v) is 12.0. The third-order valence-electron chi connectivity index (χ3n) is 6.91. The quantitative estimate of drug-likeness (QED) is 0.483. The van der Waals surface area contributed by atoms with E-state index in [0.29, 0.717) is 0 Å². The molecular weight excluding hydrogens is 446 g/mol. The molecule has 1 saturated carbocycles. The summed E-state index contributed by atoms with van der Waals surface area (Å²) >= 11 is 0. The van der Waals surface area contributed by atoms with Crippen LogP contribution < -0.4 is 10.6 Å². The number of nitrogens with zero attached hydrogens (tertiary/aromatic N) is 1. The van der Waals surface area contributed by atoms with Crippen LogP contribution in [0.15, 0.2) is 48.5 Å². The van der Waals surface area contributed by atoms with Crippen LogP contribution in [0.2, 0.25) is 0 Å². The normalized spacial score (nSPS) is 17.1. The Morgan fingerprint density at radius 3 is 2.14 bits per heavy atom. The number of fused-ring (bicyclic) bond motifs is 3. The molecule has 0 bridgehead atoms. The molecule has 35 heavy (non-hydrogen) atoms. The number of carbonyl (C=O) groups excluding carboxylic acids is 2. The van der Waals surface area contributed by atoms with Gasteiger partial charge in [-0.1, -0.05) is 48.5 Å². The molecule has 4 rings (SSSR count). The number of ether oxygens (including phenoxy) is 1. The first-order valence-electron chi connectivity index (χ1n) is 12.0. The van der Waals surface area contributed by atoms with Gasteiger partial charge < -0.3 is 25.4 Å². The van der Waals surface area contributed by atoms with E-state index in [1.54, 1.807) is 25.9 Å². The van der Waals surface area contributed by atoms with Crippen LogP contribution in [0.4, 0.5) is 4.79 Å². The zero-order chi connectivity index (χ0) is 25.2.